The highest BCUT2D eigenvalue weighted by molar-refractivity contribution is 9.10. The fourth-order valence-corrected chi connectivity index (χ4v) is 2.10. The molecule has 0 heterocycles. The van der Waals surface area contributed by atoms with Crippen LogP contribution < -0.4 is 4.74 Å². The zero-order valence-electron chi connectivity index (χ0n) is 9.25. The summed E-state index contributed by atoms with van der Waals surface area (Å²) in [5.74, 6) is 0.883. The minimum Gasteiger partial charge on any atom is -0.496 e. The number of halogens is 1. The minimum absolute atomic E-state index is 0.883. The molecule has 0 aliphatic rings. The Morgan fingerprint density at radius 2 is 1.94 bits per heavy atom. The first-order valence-electron chi connectivity index (χ1n) is 5.03. The fraction of sp³-hybridized carbons (Fsp3) is 0.143. The first kappa shape index (κ1) is 11.2. The number of rotatable bonds is 2. The third-order valence-electron chi connectivity index (χ3n) is 2.44. The molecule has 0 aliphatic heterocycles. The molecule has 0 spiro atoms. The average molecular weight is 276 g/mol. The lowest BCUT2D eigenvalue weighted by molar-refractivity contribution is 0.416. The average Bonchev–Trinajstić information content (AvgIpc) is 2.32. The predicted octanol–water partition coefficient (Wildman–Crippen LogP) is 4.23. The molecule has 1 nitrogen and oxygen atoms in total. The largest absolute Gasteiger partial charge is 0.496 e. The van der Waals surface area contributed by atoms with Crippen LogP contribution in [0.2, 0.25) is 0 Å². The Kier molecular flexibility index (Phi) is 3.30. The van der Waals surface area contributed by atoms with Gasteiger partial charge in [0.05, 0.1) is 7.11 Å². The summed E-state index contributed by atoms with van der Waals surface area (Å²) < 4.78 is 6.39. The number of aryl methyl sites for hydroxylation is 1. The standard InChI is InChI=1S/C14H12BrO/c1-10-7-8-13(15)12(9-10)11-5-3-4-6-14(11)16-2/h3-6,8-9H,1-2H3. The van der Waals surface area contributed by atoms with Crippen molar-refractivity contribution >= 4 is 15.9 Å². The van der Waals surface area contributed by atoms with Gasteiger partial charge in [-0.15, -0.1) is 0 Å². The zero-order chi connectivity index (χ0) is 11.5. The Labute approximate surface area is 104 Å². The van der Waals surface area contributed by atoms with E-state index in [1.54, 1.807) is 7.11 Å². The van der Waals surface area contributed by atoms with E-state index in [2.05, 4.69) is 34.1 Å². The van der Waals surface area contributed by atoms with E-state index in [1.807, 2.05) is 31.2 Å². The monoisotopic (exact) mass is 275 g/mol. The van der Waals surface area contributed by atoms with Crippen molar-refractivity contribution in [2.24, 2.45) is 0 Å². The van der Waals surface area contributed by atoms with Crippen molar-refractivity contribution in [2.45, 2.75) is 6.92 Å². The van der Waals surface area contributed by atoms with Gasteiger partial charge in [-0.2, -0.15) is 0 Å². The van der Waals surface area contributed by atoms with Gasteiger partial charge < -0.3 is 4.74 Å². The zero-order valence-corrected chi connectivity index (χ0v) is 10.8. The van der Waals surface area contributed by atoms with Crippen LogP contribution in [0.5, 0.6) is 5.75 Å². The molecule has 0 fully saturated rings. The number of para-hydroxylation sites is 1. The van der Waals surface area contributed by atoms with Crippen LogP contribution in [0.15, 0.2) is 40.9 Å². The summed E-state index contributed by atoms with van der Waals surface area (Å²) in [4.78, 5) is 0. The van der Waals surface area contributed by atoms with Crippen LogP contribution in [0.3, 0.4) is 0 Å². The summed E-state index contributed by atoms with van der Waals surface area (Å²) in [6, 6.07) is 15.2. The minimum atomic E-state index is 0.883. The van der Waals surface area contributed by atoms with E-state index < -0.39 is 0 Å². The molecule has 0 saturated heterocycles. The van der Waals surface area contributed by atoms with Crippen molar-refractivity contribution < 1.29 is 4.74 Å². The second kappa shape index (κ2) is 4.71. The van der Waals surface area contributed by atoms with E-state index in [4.69, 9.17) is 4.74 Å². The van der Waals surface area contributed by atoms with Gasteiger partial charge in [-0.05, 0) is 42.3 Å². The molecule has 0 amide bonds. The van der Waals surface area contributed by atoms with Crippen LogP contribution in [0, 0.1) is 13.0 Å². The summed E-state index contributed by atoms with van der Waals surface area (Å²) in [7, 11) is 1.69. The van der Waals surface area contributed by atoms with Gasteiger partial charge in [0.1, 0.15) is 5.75 Å². The van der Waals surface area contributed by atoms with Crippen molar-refractivity contribution in [2.75, 3.05) is 7.11 Å². The Bertz CT molecular complexity index is 506. The molecule has 2 aromatic rings. The number of benzene rings is 2. The smallest absolute Gasteiger partial charge is 0.126 e. The molecular formula is C14H12BrO. The van der Waals surface area contributed by atoms with Crippen LogP contribution >= 0.6 is 15.9 Å². The first-order chi connectivity index (χ1) is 7.72. The quantitative estimate of drug-likeness (QED) is 0.797. The van der Waals surface area contributed by atoms with Crippen LogP contribution in [0.25, 0.3) is 11.1 Å². The molecule has 0 atom stereocenters. The summed E-state index contributed by atoms with van der Waals surface area (Å²) in [6.45, 7) is 2.03. The molecule has 0 aromatic heterocycles. The predicted molar refractivity (Wildman–Crippen MR) is 69.7 cm³/mol. The first-order valence-corrected chi connectivity index (χ1v) is 5.83. The van der Waals surface area contributed by atoms with E-state index >= 15 is 0 Å². The summed E-state index contributed by atoms with van der Waals surface area (Å²) >= 11 is 3.54. The maximum atomic E-state index is 5.36. The van der Waals surface area contributed by atoms with Gasteiger partial charge in [-0.3, -0.25) is 0 Å². The van der Waals surface area contributed by atoms with E-state index in [0.717, 1.165) is 26.9 Å². The molecule has 0 unspecified atom stereocenters. The Hall–Kier alpha value is -1.28. The number of methoxy groups -OCH3 is 1. The summed E-state index contributed by atoms with van der Waals surface area (Å²) in [5, 5.41) is 0. The van der Waals surface area contributed by atoms with Gasteiger partial charge in [0.2, 0.25) is 0 Å². The third-order valence-corrected chi connectivity index (χ3v) is 3.10. The molecule has 0 bridgehead atoms. The molecule has 1 radical (unpaired) electrons. The molecule has 16 heavy (non-hydrogen) atoms. The Balaban J connectivity index is 2.62. The maximum Gasteiger partial charge on any atom is 0.126 e. The van der Waals surface area contributed by atoms with Gasteiger partial charge in [0.15, 0.2) is 0 Å². The van der Waals surface area contributed by atoms with Gasteiger partial charge in [0, 0.05) is 10.0 Å². The molecule has 2 aromatic carbocycles. The fourth-order valence-electron chi connectivity index (χ4n) is 1.66. The molecular weight excluding hydrogens is 264 g/mol. The van der Waals surface area contributed by atoms with E-state index in [9.17, 15) is 0 Å². The second-order valence-corrected chi connectivity index (χ2v) is 4.43. The van der Waals surface area contributed by atoms with Gasteiger partial charge >= 0.3 is 0 Å². The summed E-state index contributed by atoms with van der Waals surface area (Å²) in [5.41, 5.74) is 3.34. The molecule has 2 rings (SSSR count). The number of hydrogen-bond acceptors (Lipinski definition) is 1. The lowest BCUT2D eigenvalue weighted by Crippen LogP contribution is -1.88. The summed E-state index contributed by atoms with van der Waals surface area (Å²) in [6.07, 6.45) is 0. The Morgan fingerprint density at radius 1 is 1.19 bits per heavy atom. The van der Waals surface area contributed by atoms with Crippen LogP contribution in [-0.4, -0.2) is 7.11 Å². The van der Waals surface area contributed by atoms with E-state index in [1.165, 1.54) is 0 Å². The van der Waals surface area contributed by atoms with Crippen LogP contribution in [0.1, 0.15) is 5.56 Å². The van der Waals surface area contributed by atoms with Crippen molar-refractivity contribution in [3.8, 4) is 16.9 Å². The van der Waals surface area contributed by atoms with Crippen LogP contribution in [0.4, 0.5) is 0 Å². The van der Waals surface area contributed by atoms with Crippen molar-refractivity contribution in [3.05, 3.63) is 52.5 Å². The third kappa shape index (κ3) is 2.12. The lowest BCUT2D eigenvalue weighted by atomic mass is 10.0. The maximum absolute atomic E-state index is 5.36. The number of ether oxygens (including phenoxy) is 1. The van der Waals surface area contributed by atoms with Gasteiger partial charge in [0.25, 0.3) is 0 Å². The van der Waals surface area contributed by atoms with Gasteiger partial charge in [-0.1, -0.05) is 34.1 Å². The lowest BCUT2D eigenvalue weighted by Gasteiger charge is -2.10. The van der Waals surface area contributed by atoms with Gasteiger partial charge in [-0.25, -0.2) is 0 Å². The molecule has 0 saturated carbocycles. The second-order valence-electron chi connectivity index (χ2n) is 3.58. The highest BCUT2D eigenvalue weighted by atomic mass is 79.9. The van der Waals surface area contributed by atoms with E-state index in [0.29, 0.717) is 0 Å². The molecule has 0 aliphatic carbocycles. The highest BCUT2D eigenvalue weighted by Crippen LogP contribution is 2.35. The van der Waals surface area contributed by atoms with E-state index in [-0.39, 0.29) is 0 Å². The van der Waals surface area contributed by atoms with Crippen molar-refractivity contribution in [3.63, 3.8) is 0 Å². The highest BCUT2D eigenvalue weighted by Gasteiger charge is 2.08. The van der Waals surface area contributed by atoms with Crippen molar-refractivity contribution in [1.82, 2.24) is 0 Å². The SMILES string of the molecule is COc1ccccc1-c1cc(C)[c]cc1Br. The Morgan fingerprint density at radius 3 is 2.69 bits per heavy atom. The normalized spacial score (nSPS) is 10.2. The van der Waals surface area contributed by atoms with Crippen LogP contribution in [-0.2, 0) is 0 Å². The molecule has 0 N–H and O–H groups in total. The molecule has 81 valence electrons. The van der Waals surface area contributed by atoms with Crippen molar-refractivity contribution in [1.29, 1.82) is 0 Å². The topological polar surface area (TPSA) is 9.23 Å². The molecule has 2 heteroatoms. The number of hydrogen-bond donors (Lipinski definition) is 0.